The van der Waals surface area contributed by atoms with E-state index in [9.17, 15) is 0 Å². The molecule has 0 unspecified atom stereocenters. The second-order valence-corrected chi connectivity index (χ2v) is 5.40. The van der Waals surface area contributed by atoms with Crippen LogP contribution in [0.15, 0.2) is 0 Å². The van der Waals surface area contributed by atoms with E-state index in [4.69, 9.17) is 0 Å². The van der Waals surface area contributed by atoms with Crippen molar-refractivity contribution in [1.82, 2.24) is 5.32 Å². The molecule has 2 heteroatoms. The van der Waals surface area contributed by atoms with Crippen molar-refractivity contribution >= 4 is 11.8 Å². The fourth-order valence-electron chi connectivity index (χ4n) is 1.84. The standard InChI is InChI=1S/C11H23NS/c1-3-4-5-9-12-10-11(13-2)7-6-8-11/h12H,3-10H2,1-2H3. The highest BCUT2D eigenvalue weighted by atomic mass is 32.2. The largest absolute Gasteiger partial charge is 0.315 e. The zero-order valence-electron chi connectivity index (χ0n) is 9.07. The summed E-state index contributed by atoms with van der Waals surface area (Å²) in [6, 6.07) is 0. The Labute approximate surface area is 87.1 Å². The molecule has 0 radical (unpaired) electrons. The molecule has 1 rings (SSSR count). The monoisotopic (exact) mass is 201 g/mol. The van der Waals surface area contributed by atoms with Crippen molar-refractivity contribution in [3.8, 4) is 0 Å². The molecule has 1 N–H and O–H groups in total. The minimum Gasteiger partial charge on any atom is -0.315 e. The maximum atomic E-state index is 3.59. The van der Waals surface area contributed by atoms with Gasteiger partial charge in [-0.2, -0.15) is 11.8 Å². The Hall–Kier alpha value is 0.310. The van der Waals surface area contributed by atoms with Crippen molar-refractivity contribution < 1.29 is 0 Å². The molecule has 0 aromatic rings. The number of hydrogen-bond donors (Lipinski definition) is 1. The van der Waals surface area contributed by atoms with Gasteiger partial charge in [-0.1, -0.05) is 26.2 Å². The molecular formula is C11H23NS. The van der Waals surface area contributed by atoms with E-state index in [2.05, 4.69) is 30.3 Å². The van der Waals surface area contributed by atoms with E-state index >= 15 is 0 Å². The van der Waals surface area contributed by atoms with Crippen LogP contribution in [0.4, 0.5) is 0 Å². The van der Waals surface area contributed by atoms with Gasteiger partial charge in [0.05, 0.1) is 0 Å². The van der Waals surface area contributed by atoms with Crippen molar-refractivity contribution in [2.75, 3.05) is 19.3 Å². The summed E-state index contributed by atoms with van der Waals surface area (Å²) < 4.78 is 0.617. The second kappa shape index (κ2) is 5.92. The third-order valence-electron chi connectivity index (χ3n) is 3.10. The molecule has 1 nitrogen and oxygen atoms in total. The molecule has 0 amide bonds. The molecular weight excluding hydrogens is 178 g/mol. The van der Waals surface area contributed by atoms with Gasteiger partial charge in [-0.25, -0.2) is 0 Å². The molecule has 0 heterocycles. The van der Waals surface area contributed by atoms with Gasteiger partial charge in [-0.15, -0.1) is 0 Å². The Balaban J connectivity index is 1.98. The van der Waals surface area contributed by atoms with Crippen LogP contribution in [0.25, 0.3) is 0 Å². The Morgan fingerprint density at radius 1 is 1.31 bits per heavy atom. The van der Waals surface area contributed by atoms with Gasteiger partial charge in [0.1, 0.15) is 0 Å². The van der Waals surface area contributed by atoms with Gasteiger partial charge in [0.15, 0.2) is 0 Å². The van der Waals surface area contributed by atoms with Gasteiger partial charge in [0.25, 0.3) is 0 Å². The van der Waals surface area contributed by atoms with Crippen LogP contribution in [0.2, 0.25) is 0 Å². The van der Waals surface area contributed by atoms with Crippen LogP contribution in [0.5, 0.6) is 0 Å². The molecule has 1 aliphatic carbocycles. The van der Waals surface area contributed by atoms with E-state index in [-0.39, 0.29) is 0 Å². The third-order valence-corrected chi connectivity index (χ3v) is 4.52. The fraction of sp³-hybridized carbons (Fsp3) is 1.00. The predicted molar refractivity (Wildman–Crippen MR) is 62.5 cm³/mol. The lowest BCUT2D eigenvalue weighted by Gasteiger charge is -2.40. The Morgan fingerprint density at radius 2 is 2.08 bits per heavy atom. The SMILES string of the molecule is CCCCCNCC1(SC)CCC1. The van der Waals surface area contributed by atoms with Gasteiger partial charge >= 0.3 is 0 Å². The second-order valence-electron chi connectivity index (χ2n) is 4.12. The minimum absolute atomic E-state index is 0.617. The molecule has 1 fully saturated rings. The van der Waals surface area contributed by atoms with Crippen LogP contribution in [0, 0.1) is 0 Å². The Kier molecular flexibility index (Phi) is 5.18. The summed E-state index contributed by atoms with van der Waals surface area (Å²) in [6.45, 7) is 4.71. The zero-order valence-corrected chi connectivity index (χ0v) is 9.88. The summed E-state index contributed by atoms with van der Waals surface area (Å²) in [5.74, 6) is 0. The molecule has 13 heavy (non-hydrogen) atoms. The summed E-state index contributed by atoms with van der Waals surface area (Å²) in [7, 11) is 0. The van der Waals surface area contributed by atoms with Crippen LogP contribution >= 0.6 is 11.8 Å². The third kappa shape index (κ3) is 3.51. The number of rotatable bonds is 7. The summed E-state index contributed by atoms with van der Waals surface area (Å²) in [5.41, 5.74) is 0. The summed E-state index contributed by atoms with van der Waals surface area (Å²) >= 11 is 2.06. The number of nitrogens with one attached hydrogen (secondary N) is 1. The molecule has 0 spiro atoms. The number of hydrogen-bond acceptors (Lipinski definition) is 2. The summed E-state index contributed by atoms with van der Waals surface area (Å²) in [4.78, 5) is 0. The van der Waals surface area contributed by atoms with Crippen molar-refractivity contribution in [3.63, 3.8) is 0 Å². The van der Waals surface area contributed by atoms with Crippen LogP contribution in [-0.4, -0.2) is 24.1 Å². The average Bonchev–Trinajstić information content (AvgIpc) is 2.09. The van der Waals surface area contributed by atoms with Crippen molar-refractivity contribution in [1.29, 1.82) is 0 Å². The lowest BCUT2D eigenvalue weighted by Crippen LogP contribution is -2.43. The van der Waals surface area contributed by atoms with Crippen LogP contribution in [0.3, 0.4) is 0 Å². The number of thioether (sulfide) groups is 1. The highest BCUT2D eigenvalue weighted by molar-refractivity contribution is 8.00. The first kappa shape index (κ1) is 11.4. The van der Waals surface area contributed by atoms with Gasteiger partial charge < -0.3 is 5.32 Å². The lowest BCUT2D eigenvalue weighted by atomic mass is 9.84. The van der Waals surface area contributed by atoms with Crippen molar-refractivity contribution in [2.24, 2.45) is 0 Å². The molecule has 0 saturated heterocycles. The van der Waals surface area contributed by atoms with Crippen LogP contribution in [-0.2, 0) is 0 Å². The fourth-order valence-corrected chi connectivity index (χ4v) is 2.78. The summed E-state index contributed by atoms with van der Waals surface area (Å²) in [5, 5.41) is 3.59. The van der Waals surface area contributed by atoms with E-state index in [0.717, 1.165) is 0 Å². The normalized spacial score (nSPS) is 19.8. The van der Waals surface area contributed by atoms with Crippen molar-refractivity contribution in [3.05, 3.63) is 0 Å². The topological polar surface area (TPSA) is 12.0 Å². The first-order valence-electron chi connectivity index (χ1n) is 5.59. The highest BCUT2D eigenvalue weighted by Gasteiger charge is 2.35. The van der Waals surface area contributed by atoms with Gasteiger partial charge in [-0.05, 0) is 32.1 Å². The maximum absolute atomic E-state index is 3.59. The highest BCUT2D eigenvalue weighted by Crippen LogP contribution is 2.42. The molecule has 0 aromatic carbocycles. The van der Waals surface area contributed by atoms with E-state index in [1.54, 1.807) is 0 Å². The zero-order chi connectivity index (χ0) is 9.57. The lowest BCUT2D eigenvalue weighted by molar-refractivity contribution is 0.345. The molecule has 0 aromatic heterocycles. The van der Waals surface area contributed by atoms with Gasteiger partial charge in [0, 0.05) is 11.3 Å². The van der Waals surface area contributed by atoms with Crippen LogP contribution < -0.4 is 5.32 Å². The summed E-state index contributed by atoms with van der Waals surface area (Å²) in [6.07, 6.45) is 10.6. The van der Waals surface area contributed by atoms with Gasteiger partial charge in [0.2, 0.25) is 0 Å². The smallest absolute Gasteiger partial charge is 0.0281 e. The molecule has 0 atom stereocenters. The Bertz CT molecular complexity index is 127. The predicted octanol–water partition coefficient (Wildman–Crippen LogP) is 3.05. The van der Waals surface area contributed by atoms with E-state index in [1.165, 1.54) is 51.6 Å². The molecule has 0 bridgehead atoms. The van der Waals surface area contributed by atoms with E-state index in [0.29, 0.717) is 4.75 Å². The molecule has 1 saturated carbocycles. The first-order valence-corrected chi connectivity index (χ1v) is 6.81. The van der Waals surface area contributed by atoms with Crippen LogP contribution in [0.1, 0.15) is 45.4 Å². The maximum Gasteiger partial charge on any atom is 0.0281 e. The molecule has 78 valence electrons. The number of unbranched alkanes of at least 4 members (excludes halogenated alkanes) is 2. The quantitative estimate of drug-likeness (QED) is 0.635. The minimum atomic E-state index is 0.617. The average molecular weight is 201 g/mol. The van der Waals surface area contributed by atoms with Crippen molar-refractivity contribution in [2.45, 2.75) is 50.2 Å². The Morgan fingerprint density at radius 3 is 2.54 bits per heavy atom. The molecule has 0 aliphatic heterocycles. The van der Waals surface area contributed by atoms with E-state index < -0.39 is 0 Å². The van der Waals surface area contributed by atoms with E-state index in [1.807, 2.05) is 0 Å². The molecule has 1 aliphatic rings. The first-order chi connectivity index (χ1) is 6.33. The van der Waals surface area contributed by atoms with Gasteiger partial charge in [-0.3, -0.25) is 0 Å².